The summed E-state index contributed by atoms with van der Waals surface area (Å²) in [6.07, 6.45) is 0. The summed E-state index contributed by atoms with van der Waals surface area (Å²) in [5, 5.41) is 4.90. The van der Waals surface area contributed by atoms with Gasteiger partial charge in [0.15, 0.2) is 0 Å². The molecule has 1 N–H and O–H groups in total. The van der Waals surface area contributed by atoms with Gasteiger partial charge < -0.3 is 10.1 Å². The number of fused-ring (bicyclic) bond motifs is 1. The van der Waals surface area contributed by atoms with Gasteiger partial charge in [-0.15, -0.1) is 11.3 Å². The molecule has 0 aliphatic heterocycles. The number of rotatable bonds is 5. The third-order valence-electron chi connectivity index (χ3n) is 5.21. The number of halogens is 2. The van der Waals surface area contributed by atoms with Gasteiger partial charge in [0.25, 0.3) is 5.56 Å². The molecule has 0 bridgehead atoms. The molecule has 2 aromatic heterocycles. The van der Waals surface area contributed by atoms with E-state index >= 15 is 0 Å². The van der Waals surface area contributed by atoms with E-state index in [9.17, 15) is 18.8 Å². The number of methoxy groups -OCH3 is 1. The second kappa shape index (κ2) is 8.84. The van der Waals surface area contributed by atoms with Crippen LogP contribution < -0.4 is 21.3 Å². The van der Waals surface area contributed by atoms with Crippen LogP contribution in [0.3, 0.4) is 0 Å². The zero-order valence-electron chi connectivity index (χ0n) is 17.9. The van der Waals surface area contributed by atoms with Gasteiger partial charge in [0.1, 0.15) is 22.8 Å². The molecule has 0 spiro atoms. The van der Waals surface area contributed by atoms with Crippen molar-refractivity contribution < 1.29 is 13.9 Å². The number of thiophene rings is 1. The van der Waals surface area contributed by atoms with Crippen LogP contribution in [0.2, 0.25) is 5.02 Å². The molecule has 0 aliphatic carbocycles. The molecule has 4 rings (SSSR count). The minimum absolute atomic E-state index is 0.225. The monoisotopic (exact) mass is 487 g/mol. The summed E-state index contributed by atoms with van der Waals surface area (Å²) in [6, 6.07) is 8.85. The third kappa shape index (κ3) is 4.17. The highest BCUT2D eigenvalue weighted by Gasteiger charge is 2.19. The number of hydrogen-bond acceptors (Lipinski definition) is 5. The molecule has 0 saturated heterocycles. The molecule has 10 heteroatoms. The summed E-state index contributed by atoms with van der Waals surface area (Å²) in [7, 11) is 1.45. The third-order valence-corrected chi connectivity index (χ3v) is 6.51. The number of aryl methyl sites for hydroxylation is 2. The van der Waals surface area contributed by atoms with Crippen LogP contribution in [-0.4, -0.2) is 22.2 Å². The van der Waals surface area contributed by atoms with Gasteiger partial charge in [-0.2, -0.15) is 0 Å². The molecule has 0 fully saturated rings. The molecule has 2 heterocycles. The van der Waals surface area contributed by atoms with Crippen molar-refractivity contribution in [1.82, 2.24) is 9.13 Å². The van der Waals surface area contributed by atoms with E-state index in [4.69, 9.17) is 16.3 Å². The summed E-state index contributed by atoms with van der Waals surface area (Å²) in [6.45, 7) is 2.98. The van der Waals surface area contributed by atoms with Gasteiger partial charge >= 0.3 is 5.69 Å². The highest BCUT2D eigenvalue weighted by Crippen LogP contribution is 2.31. The van der Waals surface area contributed by atoms with Crippen LogP contribution in [0.5, 0.6) is 5.75 Å². The van der Waals surface area contributed by atoms with Crippen LogP contribution >= 0.6 is 22.9 Å². The van der Waals surface area contributed by atoms with Gasteiger partial charge in [0.2, 0.25) is 5.91 Å². The van der Waals surface area contributed by atoms with Crippen LogP contribution in [0.15, 0.2) is 51.4 Å². The Morgan fingerprint density at radius 2 is 1.91 bits per heavy atom. The zero-order chi connectivity index (χ0) is 23.9. The van der Waals surface area contributed by atoms with Crippen LogP contribution in [0, 0.1) is 19.7 Å². The minimum Gasteiger partial charge on any atom is -0.495 e. The molecule has 0 saturated carbocycles. The Balaban J connectivity index is 1.79. The number of amides is 1. The maximum atomic E-state index is 13.8. The molecule has 0 radical (unpaired) electrons. The summed E-state index contributed by atoms with van der Waals surface area (Å²) in [4.78, 5) is 39.3. The number of carbonyl (C=O) groups excluding carboxylic acids is 1. The molecule has 2 aromatic carbocycles. The van der Waals surface area contributed by atoms with Gasteiger partial charge in [-0.25, -0.2) is 13.8 Å². The molecular formula is C23H19ClFN3O4S. The smallest absolute Gasteiger partial charge is 0.336 e. The molecule has 4 aromatic rings. The SMILES string of the molecule is COc1cc(Cl)c(C)cc1NC(=O)Cn1c(=O)n(-c2ccc(F)c(C)c2)c(=O)c2sccc21. The van der Waals surface area contributed by atoms with Crippen molar-refractivity contribution in [3.05, 3.63) is 84.6 Å². The van der Waals surface area contributed by atoms with Gasteiger partial charge in [-0.05, 0) is 60.7 Å². The highest BCUT2D eigenvalue weighted by molar-refractivity contribution is 7.17. The number of hydrogen-bond donors (Lipinski definition) is 1. The van der Waals surface area contributed by atoms with Crippen LogP contribution in [0.4, 0.5) is 10.1 Å². The van der Waals surface area contributed by atoms with E-state index in [1.165, 1.54) is 29.9 Å². The van der Waals surface area contributed by atoms with E-state index in [0.717, 1.165) is 21.5 Å². The van der Waals surface area contributed by atoms with Crippen molar-refractivity contribution in [2.45, 2.75) is 20.4 Å². The van der Waals surface area contributed by atoms with Crippen molar-refractivity contribution in [3.8, 4) is 11.4 Å². The second-order valence-electron chi connectivity index (χ2n) is 7.43. The van der Waals surface area contributed by atoms with Gasteiger partial charge in [0.05, 0.1) is 24.0 Å². The van der Waals surface area contributed by atoms with Crippen molar-refractivity contribution in [1.29, 1.82) is 0 Å². The number of ether oxygens (including phenoxy) is 1. The highest BCUT2D eigenvalue weighted by atomic mass is 35.5. The van der Waals surface area contributed by atoms with Crippen LogP contribution in [-0.2, 0) is 11.3 Å². The minimum atomic E-state index is -0.702. The molecule has 0 aliphatic rings. The number of nitrogens with one attached hydrogen (secondary N) is 1. The zero-order valence-corrected chi connectivity index (χ0v) is 19.5. The number of nitrogens with zero attached hydrogens (tertiary/aromatic N) is 2. The van der Waals surface area contributed by atoms with Crippen molar-refractivity contribution in [2.75, 3.05) is 12.4 Å². The first-order valence-electron chi connectivity index (χ1n) is 9.85. The molecule has 170 valence electrons. The van der Waals surface area contributed by atoms with E-state index < -0.39 is 23.0 Å². The lowest BCUT2D eigenvalue weighted by atomic mass is 10.2. The predicted octanol–water partition coefficient (Wildman–Crippen LogP) is 4.27. The lowest BCUT2D eigenvalue weighted by Gasteiger charge is -2.15. The summed E-state index contributed by atoms with van der Waals surface area (Å²) >= 11 is 7.28. The summed E-state index contributed by atoms with van der Waals surface area (Å²) in [5.41, 5.74) is 0.781. The Kier molecular flexibility index (Phi) is 6.09. The van der Waals surface area contributed by atoms with E-state index in [1.54, 1.807) is 37.4 Å². The Morgan fingerprint density at radius 1 is 1.15 bits per heavy atom. The quantitative estimate of drug-likeness (QED) is 0.456. The van der Waals surface area contributed by atoms with Crippen LogP contribution in [0.25, 0.3) is 15.9 Å². The first kappa shape index (κ1) is 22.8. The lowest BCUT2D eigenvalue weighted by Crippen LogP contribution is -2.40. The van der Waals surface area contributed by atoms with Crippen LogP contribution in [0.1, 0.15) is 11.1 Å². The second-order valence-corrected chi connectivity index (χ2v) is 8.75. The normalized spacial score (nSPS) is 11.1. The van der Waals surface area contributed by atoms with E-state index in [2.05, 4.69) is 5.32 Å². The molecule has 0 atom stereocenters. The topological polar surface area (TPSA) is 82.3 Å². The van der Waals surface area contributed by atoms with Crippen molar-refractivity contribution in [3.63, 3.8) is 0 Å². The standard InChI is InChI=1S/C23H19ClFN3O4S/c1-12-9-17(19(32-3)10-15(12)24)26-20(29)11-27-18-6-7-33-21(18)22(30)28(23(27)31)14-4-5-16(25)13(2)8-14/h4-10H,11H2,1-3H3,(H,26,29). The maximum absolute atomic E-state index is 13.8. The Labute approximate surface area is 196 Å². The Morgan fingerprint density at radius 3 is 2.61 bits per heavy atom. The van der Waals surface area contributed by atoms with E-state index in [-0.39, 0.29) is 12.2 Å². The molecule has 1 amide bonds. The largest absolute Gasteiger partial charge is 0.495 e. The van der Waals surface area contributed by atoms with Crippen molar-refractivity contribution >= 4 is 44.7 Å². The number of anilines is 1. The average Bonchev–Trinajstić information content (AvgIpc) is 3.26. The average molecular weight is 488 g/mol. The van der Waals surface area contributed by atoms with E-state index in [0.29, 0.717) is 32.2 Å². The van der Waals surface area contributed by atoms with Crippen molar-refractivity contribution in [2.24, 2.45) is 0 Å². The Hall–Kier alpha value is -3.43. The van der Waals surface area contributed by atoms with E-state index in [1.807, 2.05) is 0 Å². The number of aromatic nitrogens is 2. The summed E-state index contributed by atoms with van der Waals surface area (Å²) < 4.78 is 21.5. The number of benzene rings is 2. The fraction of sp³-hybridized carbons (Fsp3) is 0.174. The Bertz CT molecular complexity index is 1520. The van der Waals surface area contributed by atoms with Gasteiger partial charge in [-0.1, -0.05) is 11.6 Å². The predicted molar refractivity (Wildman–Crippen MR) is 128 cm³/mol. The lowest BCUT2D eigenvalue weighted by molar-refractivity contribution is -0.116. The summed E-state index contributed by atoms with van der Waals surface area (Å²) in [5.74, 6) is -0.570. The first-order valence-corrected chi connectivity index (χ1v) is 11.1. The fourth-order valence-corrected chi connectivity index (χ4v) is 4.48. The molecular weight excluding hydrogens is 469 g/mol. The molecule has 7 nitrogen and oxygen atoms in total. The maximum Gasteiger partial charge on any atom is 0.336 e. The molecule has 0 unspecified atom stereocenters. The number of carbonyl (C=O) groups is 1. The fourth-order valence-electron chi connectivity index (χ4n) is 3.50. The molecule has 33 heavy (non-hydrogen) atoms. The van der Waals surface area contributed by atoms with Gasteiger partial charge in [-0.3, -0.25) is 14.2 Å². The van der Waals surface area contributed by atoms with Gasteiger partial charge in [0, 0.05) is 11.1 Å². The first-order chi connectivity index (χ1) is 15.7.